The fraction of sp³-hybridized carbons (Fsp3) is 0.217. The van der Waals surface area contributed by atoms with Crippen LogP contribution in [0.4, 0.5) is 10.6 Å². The average molecular weight is 495 g/mol. The number of benzene rings is 1. The van der Waals surface area contributed by atoms with E-state index in [1.165, 1.54) is 0 Å². The number of fused-ring (bicyclic) bond motifs is 1. The first-order valence-electron chi connectivity index (χ1n) is 9.96. The Bertz CT molecular complexity index is 1290. The number of imidazole rings is 1. The van der Waals surface area contributed by atoms with Gasteiger partial charge in [0, 0.05) is 28.0 Å². The summed E-state index contributed by atoms with van der Waals surface area (Å²) in [6.45, 7) is 5.97. The van der Waals surface area contributed by atoms with E-state index in [-0.39, 0.29) is 5.41 Å². The number of hydrogen-bond acceptors (Lipinski definition) is 6. The molecule has 4 rings (SSSR count). The highest BCUT2D eigenvalue weighted by atomic mass is 79.9. The van der Waals surface area contributed by atoms with Gasteiger partial charge in [0.05, 0.1) is 5.56 Å². The molecular formula is C23H23BrN6O2. The van der Waals surface area contributed by atoms with Gasteiger partial charge in [-0.3, -0.25) is 4.57 Å². The van der Waals surface area contributed by atoms with Gasteiger partial charge in [-0.05, 0) is 51.8 Å². The maximum absolute atomic E-state index is 11.4. The largest absolute Gasteiger partial charge is 0.441 e. The minimum Gasteiger partial charge on any atom is -0.441 e. The van der Waals surface area contributed by atoms with Gasteiger partial charge >= 0.3 is 6.09 Å². The fourth-order valence-electron chi connectivity index (χ4n) is 3.63. The molecule has 0 bridgehead atoms. The number of ether oxygens (including phenoxy) is 1. The van der Waals surface area contributed by atoms with Gasteiger partial charge in [0.25, 0.3) is 0 Å². The van der Waals surface area contributed by atoms with Crippen molar-refractivity contribution in [2.24, 2.45) is 11.1 Å². The SMILES string of the molecule is CC(C)(C)C(OC(N)=O)c1ccc(-n2c(-c3cccnc3N)nc3cc(Br)cnc32)cc1. The van der Waals surface area contributed by atoms with E-state index in [4.69, 9.17) is 21.2 Å². The minimum atomic E-state index is -0.807. The highest BCUT2D eigenvalue weighted by Gasteiger charge is 2.29. The molecule has 1 aromatic carbocycles. The topological polar surface area (TPSA) is 122 Å². The molecule has 0 spiro atoms. The molecular weight excluding hydrogens is 472 g/mol. The van der Waals surface area contributed by atoms with Crippen LogP contribution in [0.15, 0.2) is 59.3 Å². The average Bonchev–Trinajstić information content (AvgIpc) is 3.10. The van der Waals surface area contributed by atoms with E-state index in [0.29, 0.717) is 28.4 Å². The van der Waals surface area contributed by atoms with Crippen LogP contribution in [0.1, 0.15) is 32.4 Å². The molecule has 1 unspecified atom stereocenters. The third kappa shape index (κ3) is 4.16. The van der Waals surface area contributed by atoms with E-state index in [1.807, 2.05) is 67.8 Å². The number of primary amides is 1. The smallest absolute Gasteiger partial charge is 0.405 e. The first kappa shape index (κ1) is 21.8. The lowest BCUT2D eigenvalue weighted by Crippen LogP contribution is -2.26. The summed E-state index contributed by atoms with van der Waals surface area (Å²) in [5.74, 6) is 1.01. The predicted octanol–water partition coefficient (Wildman–Crippen LogP) is 5.01. The lowest BCUT2D eigenvalue weighted by atomic mass is 9.84. The Balaban J connectivity index is 1.87. The Morgan fingerprint density at radius 1 is 1.16 bits per heavy atom. The second-order valence-corrected chi connectivity index (χ2v) is 9.39. The summed E-state index contributed by atoms with van der Waals surface area (Å²) in [6.07, 6.45) is 2.07. The summed E-state index contributed by atoms with van der Waals surface area (Å²) in [6, 6.07) is 13.3. The Labute approximate surface area is 193 Å². The van der Waals surface area contributed by atoms with Gasteiger partial charge in [0.15, 0.2) is 11.5 Å². The van der Waals surface area contributed by atoms with Crippen LogP contribution in [0.3, 0.4) is 0 Å². The molecule has 9 heteroatoms. The van der Waals surface area contributed by atoms with Gasteiger partial charge < -0.3 is 16.2 Å². The second-order valence-electron chi connectivity index (χ2n) is 8.48. The molecule has 32 heavy (non-hydrogen) atoms. The quantitative estimate of drug-likeness (QED) is 0.411. The number of carbonyl (C=O) groups is 1. The molecule has 8 nitrogen and oxygen atoms in total. The van der Waals surface area contributed by atoms with Gasteiger partial charge in [0.2, 0.25) is 0 Å². The highest BCUT2D eigenvalue weighted by Crippen LogP contribution is 2.37. The highest BCUT2D eigenvalue weighted by molar-refractivity contribution is 9.10. The lowest BCUT2D eigenvalue weighted by Gasteiger charge is -2.30. The lowest BCUT2D eigenvalue weighted by molar-refractivity contribution is 0.0360. The molecule has 0 aliphatic carbocycles. The Morgan fingerprint density at radius 2 is 1.88 bits per heavy atom. The molecule has 164 valence electrons. The molecule has 4 N–H and O–H groups in total. The predicted molar refractivity (Wildman–Crippen MR) is 127 cm³/mol. The van der Waals surface area contributed by atoms with Crippen LogP contribution in [0.2, 0.25) is 0 Å². The van der Waals surface area contributed by atoms with Crippen molar-refractivity contribution in [3.05, 3.63) is 64.9 Å². The van der Waals surface area contributed by atoms with Gasteiger partial charge in [0.1, 0.15) is 17.4 Å². The molecule has 0 radical (unpaired) electrons. The number of amides is 1. The maximum atomic E-state index is 11.4. The number of pyridine rings is 2. The third-order valence-electron chi connectivity index (χ3n) is 5.02. The fourth-order valence-corrected chi connectivity index (χ4v) is 3.95. The first-order chi connectivity index (χ1) is 15.1. The van der Waals surface area contributed by atoms with Crippen molar-refractivity contribution in [2.75, 3.05) is 5.73 Å². The van der Waals surface area contributed by atoms with Crippen LogP contribution >= 0.6 is 15.9 Å². The summed E-state index contributed by atoms with van der Waals surface area (Å²) in [5, 5.41) is 0. The summed E-state index contributed by atoms with van der Waals surface area (Å²) in [4.78, 5) is 25.0. The molecule has 0 aliphatic rings. The summed E-state index contributed by atoms with van der Waals surface area (Å²) >= 11 is 3.46. The number of aromatic nitrogens is 4. The van der Waals surface area contributed by atoms with E-state index in [2.05, 4.69) is 25.9 Å². The second kappa shape index (κ2) is 8.23. The van der Waals surface area contributed by atoms with Crippen LogP contribution < -0.4 is 11.5 Å². The number of nitrogens with two attached hydrogens (primary N) is 2. The van der Waals surface area contributed by atoms with Crippen molar-refractivity contribution in [3.63, 3.8) is 0 Å². The van der Waals surface area contributed by atoms with E-state index < -0.39 is 12.2 Å². The normalized spacial score (nSPS) is 12.6. The third-order valence-corrected chi connectivity index (χ3v) is 5.45. The van der Waals surface area contributed by atoms with Crippen LogP contribution in [0.5, 0.6) is 0 Å². The standard InChI is InChI=1S/C23H23BrN6O2/c1-23(2,3)18(32-22(26)31)13-6-8-15(9-7-13)30-20(16-5-4-10-27-19(16)25)29-17-11-14(24)12-28-21(17)30/h4-12,18H,1-3H3,(H2,25,27)(H2,26,31). The number of anilines is 1. The summed E-state index contributed by atoms with van der Waals surface area (Å²) in [5.41, 5.74) is 14.9. The van der Waals surface area contributed by atoms with E-state index in [9.17, 15) is 4.79 Å². The summed E-state index contributed by atoms with van der Waals surface area (Å²) < 4.78 is 8.16. The van der Waals surface area contributed by atoms with Crippen molar-refractivity contribution >= 4 is 39.0 Å². The van der Waals surface area contributed by atoms with Gasteiger partial charge in [-0.25, -0.2) is 19.7 Å². The van der Waals surface area contributed by atoms with Gasteiger partial charge in [-0.2, -0.15) is 0 Å². The number of carbonyl (C=O) groups excluding carboxylic acids is 1. The zero-order valence-electron chi connectivity index (χ0n) is 17.9. The molecule has 1 atom stereocenters. The van der Waals surface area contributed by atoms with Crippen LogP contribution in [-0.2, 0) is 4.74 Å². The van der Waals surface area contributed by atoms with Crippen LogP contribution in [0.25, 0.3) is 28.2 Å². The zero-order valence-corrected chi connectivity index (χ0v) is 19.5. The zero-order chi connectivity index (χ0) is 23.0. The van der Waals surface area contributed by atoms with E-state index >= 15 is 0 Å². The van der Waals surface area contributed by atoms with E-state index in [0.717, 1.165) is 15.7 Å². The van der Waals surface area contributed by atoms with Gasteiger partial charge in [-0.15, -0.1) is 0 Å². The Hall–Kier alpha value is -3.46. The number of hydrogen-bond donors (Lipinski definition) is 2. The number of nitrogen functional groups attached to an aromatic ring is 1. The minimum absolute atomic E-state index is 0.332. The number of halogens is 1. The molecule has 1 amide bonds. The van der Waals surface area contributed by atoms with Crippen molar-refractivity contribution in [1.29, 1.82) is 0 Å². The maximum Gasteiger partial charge on any atom is 0.405 e. The monoisotopic (exact) mass is 494 g/mol. The van der Waals surface area contributed by atoms with Crippen LogP contribution in [0, 0.1) is 5.41 Å². The van der Waals surface area contributed by atoms with Crippen molar-refractivity contribution < 1.29 is 9.53 Å². The van der Waals surface area contributed by atoms with Crippen molar-refractivity contribution in [2.45, 2.75) is 26.9 Å². The molecule has 4 aromatic rings. The Morgan fingerprint density at radius 3 is 2.50 bits per heavy atom. The van der Waals surface area contributed by atoms with Crippen molar-refractivity contribution in [1.82, 2.24) is 19.5 Å². The first-order valence-corrected chi connectivity index (χ1v) is 10.8. The molecule has 0 saturated carbocycles. The Kier molecular flexibility index (Phi) is 5.60. The van der Waals surface area contributed by atoms with Crippen molar-refractivity contribution in [3.8, 4) is 17.1 Å². The van der Waals surface area contributed by atoms with Crippen LogP contribution in [-0.4, -0.2) is 25.6 Å². The molecule has 3 heterocycles. The molecule has 0 aliphatic heterocycles. The van der Waals surface area contributed by atoms with E-state index in [1.54, 1.807) is 12.4 Å². The number of rotatable bonds is 4. The summed E-state index contributed by atoms with van der Waals surface area (Å²) in [7, 11) is 0. The molecule has 0 fully saturated rings. The molecule has 3 aromatic heterocycles. The molecule has 0 saturated heterocycles. The van der Waals surface area contributed by atoms with Gasteiger partial charge in [-0.1, -0.05) is 32.9 Å². The number of nitrogens with zero attached hydrogens (tertiary/aromatic N) is 4.